The summed E-state index contributed by atoms with van der Waals surface area (Å²) in [5.41, 5.74) is 1.44. The molecule has 3 amide bonds. The number of benzene rings is 2. The van der Waals surface area contributed by atoms with E-state index in [1.54, 1.807) is 24.3 Å². The van der Waals surface area contributed by atoms with Crippen LogP contribution in [0.5, 0.6) is 5.75 Å². The van der Waals surface area contributed by atoms with Gasteiger partial charge in [-0.15, -0.1) is 0 Å². The van der Waals surface area contributed by atoms with E-state index in [-0.39, 0.29) is 47.8 Å². The van der Waals surface area contributed by atoms with Gasteiger partial charge in [0.2, 0.25) is 17.7 Å². The molecular weight excluding hydrogens is 416 g/mol. The number of carbonyl (C=O) groups excluding carboxylic acids is 3. The van der Waals surface area contributed by atoms with Crippen LogP contribution in [-0.2, 0) is 14.4 Å². The third-order valence-corrected chi connectivity index (χ3v) is 7.12. The molecule has 2 aromatic rings. The van der Waals surface area contributed by atoms with Crippen molar-refractivity contribution in [2.75, 3.05) is 11.9 Å². The molecule has 0 unspecified atom stereocenters. The van der Waals surface area contributed by atoms with E-state index in [0.717, 1.165) is 24.2 Å². The van der Waals surface area contributed by atoms with Gasteiger partial charge in [-0.2, -0.15) is 0 Å². The van der Waals surface area contributed by atoms with Crippen LogP contribution in [0.1, 0.15) is 37.8 Å². The molecule has 6 heteroatoms. The molecule has 3 aliphatic carbocycles. The minimum atomic E-state index is -0.626. The van der Waals surface area contributed by atoms with Crippen LogP contribution in [0.2, 0.25) is 0 Å². The van der Waals surface area contributed by atoms with E-state index in [1.807, 2.05) is 37.3 Å². The smallest absolute Gasteiger partial charge is 0.234 e. The maximum absolute atomic E-state index is 13.5. The molecule has 4 aliphatic rings. The van der Waals surface area contributed by atoms with Gasteiger partial charge in [0.05, 0.1) is 30.9 Å². The first-order valence-electron chi connectivity index (χ1n) is 11.7. The second-order valence-corrected chi connectivity index (χ2v) is 9.02. The summed E-state index contributed by atoms with van der Waals surface area (Å²) in [4.78, 5) is 41.5. The van der Waals surface area contributed by atoms with Crippen LogP contribution < -0.4 is 10.1 Å². The van der Waals surface area contributed by atoms with Gasteiger partial charge < -0.3 is 10.1 Å². The van der Waals surface area contributed by atoms with Crippen molar-refractivity contribution in [3.05, 3.63) is 72.3 Å². The number of likely N-dealkylation sites (tertiary alicyclic amines) is 1. The summed E-state index contributed by atoms with van der Waals surface area (Å²) >= 11 is 0. The number of rotatable bonds is 7. The predicted molar refractivity (Wildman–Crippen MR) is 124 cm³/mol. The monoisotopic (exact) mass is 444 g/mol. The van der Waals surface area contributed by atoms with Crippen molar-refractivity contribution in [2.24, 2.45) is 23.7 Å². The Morgan fingerprint density at radius 3 is 2.12 bits per heavy atom. The zero-order chi connectivity index (χ0) is 22.9. The highest BCUT2D eigenvalue weighted by atomic mass is 16.5. The van der Waals surface area contributed by atoms with Crippen molar-refractivity contribution < 1.29 is 19.1 Å². The lowest BCUT2D eigenvalue weighted by atomic mass is 9.63. The molecule has 2 bridgehead atoms. The normalized spacial score (nSPS) is 26.3. The average molecular weight is 445 g/mol. The molecule has 1 aliphatic heterocycles. The third kappa shape index (κ3) is 3.94. The second-order valence-electron chi connectivity index (χ2n) is 9.02. The summed E-state index contributed by atoms with van der Waals surface area (Å²) in [6.07, 6.45) is 6.13. The fraction of sp³-hybridized carbons (Fsp3) is 0.370. The molecule has 0 radical (unpaired) electrons. The standard InChI is InChI=1S/C27H28N2O4/c1-2-33-21-14-12-20(13-15-21)28-23(30)16-22(17-6-4-3-5-7-17)29-26(31)24-18-8-9-19(11-10-18)25(24)27(29)32/h3-9,12-15,18-19,22,24-25H,2,10-11,16H2,1H3,(H,28,30)/t18-,19-,22+,24-,25-/m0/s1. The van der Waals surface area contributed by atoms with E-state index in [4.69, 9.17) is 4.74 Å². The molecule has 170 valence electrons. The highest BCUT2D eigenvalue weighted by Gasteiger charge is 2.58. The van der Waals surface area contributed by atoms with E-state index >= 15 is 0 Å². The van der Waals surface area contributed by atoms with E-state index in [9.17, 15) is 14.4 Å². The molecule has 0 aromatic heterocycles. The number of imide groups is 1. The highest BCUT2D eigenvalue weighted by Crippen LogP contribution is 2.51. The van der Waals surface area contributed by atoms with Crippen LogP contribution >= 0.6 is 0 Å². The maximum Gasteiger partial charge on any atom is 0.234 e. The van der Waals surface area contributed by atoms with Gasteiger partial charge in [0, 0.05) is 5.69 Å². The Kier molecular flexibility index (Phi) is 5.75. The predicted octanol–water partition coefficient (Wildman–Crippen LogP) is 4.35. The molecule has 1 heterocycles. The summed E-state index contributed by atoms with van der Waals surface area (Å²) in [5, 5.41) is 2.90. The minimum Gasteiger partial charge on any atom is -0.494 e. The number of hydrogen-bond acceptors (Lipinski definition) is 4. The van der Waals surface area contributed by atoms with Gasteiger partial charge in [0.15, 0.2) is 0 Å². The molecule has 33 heavy (non-hydrogen) atoms. The van der Waals surface area contributed by atoms with Crippen molar-refractivity contribution in [1.29, 1.82) is 0 Å². The van der Waals surface area contributed by atoms with Gasteiger partial charge in [-0.1, -0.05) is 42.5 Å². The SMILES string of the molecule is CCOc1ccc(NC(=O)C[C@H](c2ccccc2)N2C(=O)[C@@H]3[C@@H](C2=O)[C@H]2C=C[C@H]3CC2)cc1. The van der Waals surface area contributed by atoms with Gasteiger partial charge in [0.25, 0.3) is 0 Å². The fourth-order valence-corrected chi connectivity index (χ4v) is 5.63. The quantitative estimate of drug-likeness (QED) is 0.509. The number of nitrogens with zero attached hydrogens (tertiary/aromatic N) is 1. The number of hydrogen-bond donors (Lipinski definition) is 1. The highest BCUT2D eigenvalue weighted by molar-refractivity contribution is 6.07. The Hall–Kier alpha value is -3.41. The lowest BCUT2D eigenvalue weighted by Gasteiger charge is -2.38. The number of nitrogens with one attached hydrogen (secondary N) is 1. The fourth-order valence-electron chi connectivity index (χ4n) is 5.63. The summed E-state index contributed by atoms with van der Waals surface area (Å²) in [5.74, 6) is -0.116. The summed E-state index contributed by atoms with van der Waals surface area (Å²) in [6.45, 7) is 2.49. The number of amides is 3. The lowest BCUT2D eigenvalue weighted by molar-refractivity contribution is -0.143. The molecule has 2 fully saturated rings. The average Bonchev–Trinajstić information content (AvgIpc) is 3.12. The molecule has 6 nitrogen and oxygen atoms in total. The zero-order valence-electron chi connectivity index (χ0n) is 18.6. The molecular formula is C27H28N2O4. The molecule has 0 spiro atoms. The zero-order valence-corrected chi connectivity index (χ0v) is 18.6. The molecule has 6 rings (SSSR count). The number of fused-ring (bicyclic) bond motifs is 1. The van der Waals surface area contributed by atoms with Gasteiger partial charge in [-0.25, -0.2) is 0 Å². The number of allylic oxidation sites excluding steroid dienone is 2. The minimum absolute atomic E-state index is 0.0108. The first-order valence-corrected chi connectivity index (χ1v) is 11.7. The van der Waals surface area contributed by atoms with Crippen LogP contribution in [-0.4, -0.2) is 29.2 Å². The second kappa shape index (κ2) is 8.85. The van der Waals surface area contributed by atoms with Crippen LogP contribution in [0.15, 0.2) is 66.7 Å². The summed E-state index contributed by atoms with van der Waals surface area (Å²) in [6, 6.07) is 15.9. The number of anilines is 1. The first kappa shape index (κ1) is 21.4. The molecule has 5 atom stereocenters. The topological polar surface area (TPSA) is 75.7 Å². The molecule has 1 N–H and O–H groups in total. The Morgan fingerprint density at radius 1 is 0.970 bits per heavy atom. The number of carbonyl (C=O) groups is 3. The van der Waals surface area contributed by atoms with Gasteiger partial charge in [-0.05, 0) is 61.4 Å². The largest absolute Gasteiger partial charge is 0.494 e. The van der Waals surface area contributed by atoms with Crippen molar-refractivity contribution in [3.8, 4) is 5.75 Å². The molecule has 1 saturated heterocycles. The molecule has 2 aromatic carbocycles. The summed E-state index contributed by atoms with van der Waals surface area (Å²) < 4.78 is 5.45. The summed E-state index contributed by atoms with van der Waals surface area (Å²) in [7, 11) is 0. The van der Waals surface area contributed by atoms with E-state index in [2.05, 4.69) is 17.5 Å². The van der Waals surface area contributed by atoms with Crippen molar-refractivity contribution >= 4 is 23.4 Å². The van der Waals surface area contributed by atoms with Crippen LogP contribution in [0, 0.1) is 23.7 Å². The molecule has 1 saturated carbocycles. The van der Waals surface area contributed by atoms with Crippen molar-refractivity contribution in [2.45, 2.75) is 32.2 Å². The van der Waals surface area contributed by atoms with Gasteiger partial charge >= 0.3 is 0 Å². The van der Waals surface area contributed by atoms with Crippen molar-refractivity contribution in [3.63, 3.8) is 0 Å². The van der Waals surface area contributed by atoms with Crippen LogP contribution in [0.25, 0.3) is 0 Å². The Bertz CT molecular complexity index is 1050. The van der Waals surface area contributed by atoms with Crippen molar-refractivity contribution in [1.82, 2.24) is 4.90 Å². The van der Waals surface area contributed by atoms with E-state index < -0.39 is 6.04 Å². The third-order valence-electron chi connectivity index (χ3n) is 7.12. The Labute approximate surface area is 193 Å². The van der Waals surface area contributed by atoms with Gasteiger partial charge in [0.1, 0.15) is 5.75 Å². The van der Waals surface area contributed by atoms with Gasteiger partial charge in [-0.3, -0.25) is 19.3 Å². The number of ether oxygens (including phenoxy) is 1. The van der Waals surface area contributed by atoms with Crippen LogP contribution in [0.3, 0.4) is 0 Å². The first-order chi connectivity index (χ1) is 16.1. The Morgan fingerprint density at radius 2 is 1.58 bits per heavy atom. The maximum atomic E-state index is 13.5. The Balaban J connectivity index is 1.38. The van der Waals surface area contributed by atoms with E-state index in [0.29, 0.717) is 12.3 Å². The lowest BCUT2D eigenvalue weighted by Crippen LogP contribution is -2.38. The van der Waals surface area contributed by atoms with E-state index in [1.165, 1.54) is 4.90 Å². The van der Waals surface area contributed by atoms with Crippen LogP contribution in [0.4, 0.5) is 5.69 Å².